The third-order valence-electron chi connectivity index (χ3n) is 5.95. The van der Waals surface area contributed by atoms with Gasteiger partial charge in [-0.1, -0.05) is 41.9 Å². The van der Waals surface area contributed by atoms with Gasteiger partial charge in [-0.2, -0.15) is 0 Å². The van der Waals surface area contributed by atoms with E-state index in [1.54, 1.807) is 54.6 Å². The molecule has 2 amide bonds. The number of imide groups is 1. The summed E-state index contributed by atoms with van der Waals surface area (Å²) in [6, 6.07) is 19.1. The fourth-order valence-corrected chi connectivity index (χ4v) is 4.60. The van der Waals surface area contributed by atoms with Gasteiger partial charge in [0.15, 0.2) is 6.10 Å². The summed E-state index contributed by atoms with van der Waals surface area (Å²) in [5, 5.41) is 13.0. The number of hydrogen-bond acceptors (Lipinski definition) is 7. The number of nitrogens with zero attached hydrogens (tertiary/aromatic N) is 3. The van der Waals surface area contributed by atoms with E-state index in [2.05, 4.69) is 0 Å². The minimum atomic E-state index is -1.10. The molecule has 3 aromatic carbocycles. The van der Waals surface area contributed by atoms with E-state index >= 15 is 0 Å². The fourth-order valence-electron chi connectivity index (χ4n) is 4.41. The normalized spacial score (nSPS) is 21.6. The Morgan fingerprint density at radius 2 is 1.71 bits per heavy atom. The lowest BCUT2D eigenvalue weighted by molar-refractivity contribution is -0.384. The average molecular weight is 480 g/mol. The highest BCUT2D eigenvalue weighted by Crippen LogP contribution is 2.48. The van der Waals surface area contributed by atoms with Crippen molar-refractivity contribution in [3.8, 4) is 5.75 Å². The Labute approximate surface area is 199 Å². The van der Waals surface area contributed by atoms with E-state index in [9.17, 15) is 19.7 Å². The van der Waals surface area contributed by atoms with Gasteiger partial charge in [0, 0.05) is 12.1 Å². The van der Waals surface area contributed by atoms with E-state index in [1.807, 2.05) is 6.07 Å². The molecule has 2 fully saturated rings. The standard InChI is InChI=1S/C24H18ClN3O6/c1-33-17-9-5-8-16(13-17)26-23(29)20-21(14-10-11-18(25)19(12-14)28(31)32)27(34-22(20)24(26)30)15-6-3-2-4-7-15/h2-13,20-22H,1H3. The smallest absolute Gasteiger partial charge is 0.288 e. The molecule has 172 valence electrons. The fraction of sp³-hybridized carbons (Fsp3) is 0.167. The molecule has 0 bridgehead atoms. The number of rotatable bonds is 5. The van der Waals surface area contributed by atoms with Crippen LogP contribution in [0.25, 0.3) is 0 Å². The van der Waals surface area contributed by atoms with Crippen LogP contribution in [-0.4, -0.2) is 30.0 Å². The zero-order valence-corrected chi connectivity index (χ0v) is 18.6. The number of hydroxylamine groups is 1. The minimum Gasteiger partial charge on any atom is -0.497 e. The maximum atomic E-state index is 13.6. The van der Waals surface area contributed by atoms with E-state index in [-0.39, 0.29) is 10.7 Å². The number of benzene rings is 3. The van der Waals surface area contributed by atoms with Gasteiger partial charge in [0.1, 0.15) is 16.7 Å². The summed E-state index contributed by atoms with van der Waals surface area (Å²) < 4.78 is 5.23. The molecule has 3 atom stereocenters. The number of hydrogen-bond donors (Lipinski definition) is 0. The van der Waals surface area contributed by atoms with Crippen molar-refractivity contribution in [1.82, 2.24) is 0 Å². The van der Waals surface area contributed by atoms with Crippen molar-refractivity contribution in [2.45, 2.75) is 12.1 Å². The Kier molecular flexibility index (Phi) is 5.43. The summed E-state index contributed by atoms with van der Waals surface area (Å²) in [6.07, 6.45) is -1.10. The molecule has 0 aliphatic carbocycles. The lowest BCUT2D eigenvalue weighted by Crippen LogP contribution is -2.37. The second-order valence-electron chi connectivity index (χ2n) is 7.84. The summed E-state index contributed by atoms with van der Waals surface area (Å²) in [5.41, 5.74) is 1.10. The number of para-hydroxylation sites is 1. The van der Waals surface area contributed by atoms with Gasteiger partial charge < -0.3 is 4.74 Å². The first-order valence-electron chi connectivity index (χ1n) is 10.4. The Morgan fingerprint density at radius 1 is 0.971 bits per heavy atom. The van der Waals surface area contributed by atoms with Crippen molar-refractivity contribution in [2.24, 2.45) is 5.92 Å². The Balaban J connectivity index is 1.61. The highest BCUT2D eigenvalue weighted by molar-refractivity contribution is 6.32. The molecule has 3 unspecified atom stereocenters. The summed E-state index contributed by atoms with van der Waals surface area (Å²) in [6.45, 7) is 0. The molecule has 0 spiro atoms. The number of nitro groups is 1. The topological polar surface area (TPSA) is 102 Å². The van der Waals surface area contributed by atoms with Gasteiger partial charge in [0.05, 0.1) is 29.4 Å². The molecular weight excluding hydrogens is 462 g/mol. The van der Waals surface area contributed by atoms with Crippen LogP contribution < -0.4 is 14.7 Å². The monoisotopic (exact) mass is 479 g/mol. The summed E-state index contributed by atoms with van der Waals surface area (Å²) in [4.78, 5) is 45.1. The van der Waals surface area contributed by atoms with E-state index in [0.29, 0.717) is 22.7 Å². The molecule has 3 aromatic rings. The number of anilines is 2. The minimum absolute atomic E-state index is 0.0256. The molecule has 2 heterocycles. The Hall–Kier alpha value is -3.95. The van der Waals surface area contributed by atoms with Crippen molar-refractivity contribution in [2.75, 3.05) is 17.1 Å². The molecule has 5 rings (SSSR count). The van der Waals surface area contributed by atoms with Crippen LogP contribution in [0, 0.1) is 16.0 Å². The molecule has 2 aliphatic rings. The van der Waals surface area contributed by atoms with Crippen LogP contribution in [0.5, 0.6) is 5.75 Å². The molecule has 0 N–H and O–H groups in total. The molecule has 10 heteroatoms. The number of ether oxygens (including phenoxy) is 1. The number of nitro benzene ring substituents is 1. The average Bonchev–Trinajstić information content (AvgIpc) is 3.35. The van der Waals surface area contributed by atoms with Crippen molar-refractivity contribution >= 4 is 40.5 Å². The van der Waals surface area contributed by atoms with Crippen molar-refractivity contribution in [3.05, 3.63) is 93.5 Å². The number of methoxy groups -OCH3 is 1. The predicted octanol–water partition coefficient (Wildman–Crippen LogP) is 4.31. The Morgan fingerprint density at radius 3 is 2.41 bits per heavy atom. The van der Waals surface area contributed by atoms with Crippen LogP contribution in [0.3, 0.4) is 0 Å². The molecule has 2 saturated heterocycles. The van der Waals surface area contributed by atoms with E-state index in [4.69, 9.17) is 21.2 Å². The zero-order valence-electron chi connectivity index (χ0n) is 17.8. The second kappa shape index (κ2) is 8.44. The van der Waals surface area contributed by atoms with E-state index in [1.165, 1.54) is 24.3 Å². The quantitative estimate of drug-likeness (QED) is 0.305. The maximum absolute atomic E-state index is 13.6. The number of fused-ring (bicyclic) bond motifs is 1. The molecule has 0 radical (unpaired) electrons. The zero-order chi connectivity index (χ0) is 24.0. The predicted molar refractivity (Wildman–Crippen MR) is 124 cm³/mol. The molecule has 0 saturated carbocycles. The lowest BCUT2D eigenvalue weighted by atomic mass is 9.90. The van der Waals surface area contributed by atoms with E-state index < -0.39 is 34.8 Å². The third-order valence-corrected chi connectivity index (χ3v) is 6.27. The van der Waals surface area contributed by atoms with Crippen LogP contribution in [0.2, 0.25) is 5.02 Å². The summed E-state index contributed by atoms with van der Waals surface area (Å²) in [5.74, 6) is -1.43. The van der Waals surface area contributed by atoms with Gasteiger partial charge in [-0.3, -0.25) is 24.5 Å². The Bertz CT molecular complexity index is 1300. The summed E-state index contributed by atoms with van der Waals surface area (Å²) in [7, 11) is 1.49. The van der Waals surface area contributed by atoms with Gasteiger partial charge in [0.25, 0.3) is 11.6 Å². The van der Waals surface area contributed by atoms with Gasteiger partial charge >= 0.3 is 0 Å². The summed E-state index contributed by atoms with van der Waals surface area (Å²) >= 11 is 6.02. The van der Waals surface area contributed by atoms with E-state index in [0.717, 1.165) is 4.90 Å². The molecule has 34 heavy (non-hydrogen) atoms. The molecular formula is C24H18ClN3O6. The van der Waals surface area contributed by atoms with Crippen molar-refractivity contribution < 1.29 is 24.1 Å². The van der Waals surface area contributed by atoms with Crippen molar-refractivity contribution in [3.63, 3.8) is 0 Å². The number of amides is 2. The molecule has 9 nitrogen and oxygen atoms in total. The molecule has 0 aromatic heterocycles. The lowest BCUT2D eigenvalue weighted by Gasteiger charge is -2.28. The van der Waals surface area contributed by atoms with Crippen molar-refractivity contribution in [1.29, 1.82) is 0 Å². The number of carbonyl (C=O) groups excluding carboxylic acids is 2. The van der Waals surface area contributed by atoms with Crippen LogP contribution in [0.1, 0.15) is 11.6 Å². The van der Waals surface area contributed by atoms with Gasteiger partial charge in [-0.15, -0.1) is 0 Å². The maximum Gasteiger partial charge on any atom is 0.288 e. The first-order chi connectivity index (χ1) is 16.4. The first-order valence-corrected chi connectivity index (χ1v) is 10.8. The third kappa shape index (κ3) is 3.46. The van der Waals surface area contributed by atoms with Gasteiger partial charge in [0.2, 0.25) is 5.91 Å². The highest BCUT2D eigenvalue weighted by atomic mass is 35.5. The number of halogens is 1. The van der Waals surface area contributed by atoms with Gasteiger partial charge in [-0.05, 0) is 35.9 Å². The van der Waals surface area contributed by atoms with Crippen LogP contribution in [0.4, 0.5) is 17.1 Å². The van der Waals surface area contributed by atoms with Crippen LogP contribution in [-0.2, 0) is 14.4 Å². The first kappa shape index (κ1) is 21.9. The SMILES string of the molecule is COc1cccc(N2C(=O)C3ON(c4ccccc4)C(c4ccc(Cl)c([N+](=O)[O-])c4)C3C2=O)c1. The highest BCUT2D eigenvalue weighted by Gasteiger charge is 2.60. The molecule has 2 aliphatic heterocycles. The van der Waals surface area contributed by atoms with Gasteiger partial charge in [-0.25, -0.2) is 9.96 Å². The second-order valence-corrected chi connectivity index (χ2v) is 8.25. The van der Waals surface area contributed by atoms with Crippen LogP contribution >= 0.6 is 11.6 Å². The largest absolute Gasteiger partial charge is 0.497 e. The van der Waals surface area contributed by atoms with Crippen LogP contribution in [0.15, 0.2) is 72.8 Å². The number of carbonyl (C=O) groups is 2.